The Bertz CT molecular complexity index is 276. The first-order valence-corrected chi connectivity index (χ1v) is 4.14. The van der Waals surface area contributed by atoms with E-state index in [1.807, 2.05) is 0 Å². The van der Waals surface area contributed by atoms with Gasteiger partial charge in [-0.05, 0) is 18.2 Å². The van der Waals surface area contributed by atoms with E-state index in [2.05, 4.69) is 0 Å². The van der Waals surface area contributed by atoms with Gasteiger partial charge >= 0.3 is 0 Å². The Morgan fingerprint density at radius 1 is 1.33 bits per heavy atom. The normalized spacial score (nSPS) is 13.0. The molecule has 1 aromatic rings. The molecule has 0 fully saturated rings. The van der Waals surface area contributed by atoms with Crippen LogP contribution in [0.4, 0.5) is 0 Å². The van der Waals surface area contributed by atoms with Gasteiger partial charge in [-0.1, -0.05) is 23.2 Å². The molecule has 4 heteroatoms. The summed E-state index contributed by atoms with van der Waals surface area (Å²) >= 11 is 11.4. The highest BCUT2D eigenvalue weighted by Crippen LogP contribution is 2.25. The van der Waals surface area contributed by atoms with Crippen LogP contribution >= 0.6 is 23.2 Å². The number of aliphatic hydroxyl groups is 2. The molecule has 1 aromatic carbocycles. The van der Waals surface area contributed by atoms with Crippen molar-refractivity contribution in [2.45, 2.75) is 6.10 Å². The lowest BCUT2D eigenvalue weighted by atomic mass is 10.1. The van der Waals surface area contributed by atoms with Gasteiger partial charge < -0.3 is 10.2 Å². The van der Waals surface area contributed by atoms with E-state index in [1.54, 1.807) is 12.1 Å². The highest BCUT2D eigenvalue weighted by molar-refractivity contribution is 6.33. The molecule has 0 amide bonds. The van der Waals surface area contributed by atoms with Gasteiger partial charge in [-0.25, -0.2) is 0 Å². The maximum absolute atomic E-state index is 9.24. The van der Waals surface area contributed by atoms with Crippen LogP contribution in [0.2, 0.25) is 10.0 Å². The molecule has 2 nitrogen and oxygen atoms in total. The van der Waals surface area contributed by atoms with Crippen LogP contribution in [0.1, 0.15) is 11.7 Å². The predicted molar refractivity (Wildman–Crippen MR) is 48.5 cm³/mol. The first-order chi connectivity index (χ1) is 5.65. The maximum atomic E-state index is 9.24. The van der Waals surface area contributed by atoms with E-state index in [1.165, 1.54) is 6.07 Å². The van der Waals surface area contributed by atoms with E-state index in [9.17, 15) is 5.11 Å². The van der Waals surface area contributed by atoms with Gasteiger partial charge in [-0.2, -0.15) is 0 Å². The summed E-state index contributed by atoms with van der Waals surface area (Å²) in [7, 11) is 0. The van der Waals surface area contributed by atoms with Gasteiger partial charge in [0.1, 0.15) is 6.10 Å². The Morgan fingerprint density at radius 3 is 2.58 bits per heavy atom. The van der Waals surface area contributed by atoms with Crippen LogP contribution in [0.25, 0.3) is 0 Å². The lowest BCUT2D eigenvalue weighted by molar-refractivity contribution is 0.0957. The molecule has 1 rings (SSSR count). The average molecular weight is 207 g/mol. The van der Waals surface area contributed by atoms with Gasteiger partial charge in [0.25, 0.3) is 0 Å². The number of hydrogen-bond acceptors (Lipinski definition) is 2. The van der Waals surface area contributed by atoms with Gasteiger partial charge in [0, 0.05) is 15.6 Å². The third-order valence-corrected chi connectivity index (χ3v) is 2.07. The fourth-order valence-corrected chi connectivity index (χ4v) is 1.29. The zero-order chi connectivity index (χ0) is 9.14. The third kappa shape index (κ3) is 2.11. The van der Waals surface area contributed by atoms with Crippen LogP contribution in [-0.2, 0) is 0 Å². The highest BCUT2D eigenvalue weighted by atomic mass is 35.5. The third-order valence-electron chi connectivity index (χ3n) is 1.49. The number of benzene rings is 1. The highest BCUT2D eigenvalue weighted by Gasteiger charge is 2.10. The molecule has 0 bridgehead atoms. The van der Waals surface area contributed by atoms with Gasteiger partial charge in [-0.3, -0.25) is 0 Å². The molecule has 0 saturated carbocycles. The largest absolute Gasteiger partial charge is 0.393 e. The van der Waals surface area contributed by atoms with Gasteiger partial charge in [0.15, 0.2) is 0 Å². The van der Waals surface area contributed by atoms with Crippen molar-refractivity contribution in [3.63, 3.8) is 0 Å². The molecular formula is C8H8Cl2O2. The SMILES string of the molecule is OC[C@H](O)c1cc(Cl)ccc1Cl. The lowest BCUT2D eigenvalue weighted by Gasteiger charge is -2.09. The summed E-state index contributed by atoms with van der Waals surface area (Å²) in [4.78, 5) is 0. The summed E-state index contributed by atoms with van der Waals surface area (Å²) in [5.41, 5.74) is 0.451. The molecule has 0 saturated heterocycles. The molecule has 0 aromatic heterocycles. The smallest absolute Gasteiger partial charge is 0.104 e. The number of halogens is 2. The quantitative estimate of drug-likeness (QED) is 0.778. The van der Waals surface area contributed by atoms with E-state index in [-0.39, 0.29) is 6.61 Å². The fraction of sp³-hybridized carbons (Fsp3) is 0.250. The standard InChI is InChI=1S/C8H8Cl2O2/c9-5-1-2-7(10)6(3-5)8(12)4-11/h1-3,8,11-12H,4H2/t8-/m0/s1. The van der Waals surface area contributed by atoms with Gasteiger partial charge in [-0.15, -0.1) is 0 Å². The molecule has 0 heterocycles. The summed E-state index contributed by atoms with van der Waals surface area (Å²) in [6, 6.07) is 4.74. The number of hydrogen-bond donors (Lipinski definition) is 2. The summed E-state index contributed by atoms with van der Waals surface area (Å²) < 4.78 is 0. The Hall–Kier alpha value is -0.280. The molecule has 0 aliphatic heterocycles. The van der Waals surface area contributed by atoms with Crippen molar-refractivity contribution in [1.82, 2.24) is 0 Å². The fourth-order valence-electron chi connectivity index (χ4n) is 0.868. The Balaban J connectivity index is 3.04. The Morgan fingerprint density at radius 2 is 2.00 bits per heavy atom. The lowest BCUT2D eigenvalue weighted by Crippen LogP contribution is -2.02. The molecule has 12 heavy (non-hydrogen) atoms. The average Bonchev–Trinajstić information content (AvgIpc) is 2.08. The van der Waals surface area contributed by atoms with Crippen molar-refractivity contribution >= 4 is 23.2 Å². The van der Waals surface area contributed by atoms with Crippen molar-refractivity contribution in [3.8, 4) is 0 Å². The van der Waals surface area contributed by atoms with E-state index in [4.69, 9.17) is 28.3 Å². The molecule has 0 aliphatic rings. The maximum Gasteiger partial charge on any atom is 0.104 e. The van der Waals surface area contributed by atoms with Crippen molar-refractivity contribution in [1.29, 1.82) is 0 Å². The van der Waals surface area contributed by atoms with Crippen LogP contribution in [-0.4, -0.2) is 16.8 Å². The van der Waals surface area contributed by atoms with Crippen LogP contribution in [0.15, 0.2) is 18.2 Å². The van der Waals surface area contributed by atoms with Crippen LogP contribution < -0.4 is 0 Å². The predicted octanol–water partition coefficient (Wildman–Crippen LogP) is 2.02. The van der Waals surface area contributed by atoms with E-state index in [0.717, 1.165) is 0 Å². The van der Waals surface area contributed by atoms with Crippen LogP contribution in [0, 0.1) is 0 Å². The molecule has 0 spiro atoms. The van der Waals surface area contributed by atoms with Crippen molar-refractivity contribution in [3.05, 3.63) is 33.8 Å². The molecule has 0 aliphatic carbocycles. The molecular weight excluding hydrogens is 199 g/mol. The summed E-state index contributed by atoms with van der Waals surface area (Å²) in [5, 5.41) is 18.8. The van der Waals surface area contributed by atoms with E-state index < -0.39 is 6.10 Å². The second kappa shape index (κ2) is 4.10. The van der Waals surface area contributed by atoms with Crippen LogP contribution in [0.3, 0.4) is 0 Å². The first kappa shape index (κ1) is 9.81. The topological polar surface area (TPSA) is 40.5 Å². The summed E-state index contributed by atoms with van der Waals surface area (Å²) in [6.07, 6.45) is -0.962. The van der Waals surface area contributed by atoms with Crippen molar-refractivity contribution < 1.29 is 10.2 Å². The minimum atomic E-state index is -0.962. The zero-order valence-electron chi connectivity index (χ0n) is 6.17. The second-order valence-electron chi connectivity index (χ2n) is 2.36. The van der Waals surface area contributed by atoms with Gasteiger partial charge in [0.2, 0.25) is 0 Å². The number of aliphatic hydroxyl groups excluding tert-OH is 2. The molecule has 66 valence electrons. The Labute approximate surface area is 80.4 Å². The second-order valence-corrected chi connectivity index (χ2v) is 3.21. The monoisotopic (exact) mass is 206 g/mol. The first-order valence-electron chi connectivity index (χ1n) is 3.39. The zero-order valence-corrected chi connectivity index (χ0v) is 7.68. The van der Waals surface area contributed by atoms with Crippen LogP contribution in [0.5, 0.6) is 0 Å². The van der Waals surface area contributed by atoms with Crippen molar-refractivity contribution in [2.75, 3.05) is 6.61 Å². The summed E-state index contributed by atoms with van der Waals surface area (Å²) in [5.74, 6) is 0. The van der Waals surface area contributed by atoms with Gasteiger partial charge in [0.05, 0.1) is 6.61 Å². The molecule has 1 atom stereocenters. The molecule has 0 radical (unpaired) electrons. The minimum absolute atomic E-state index is 0.361. The Kier molecular flexibility index (Phi) is 3.35. The molecule has 0 unspecified atom stereocenters. The minimum Gasteiger partial charge on any atom is -0.393 e. The van der Waals surface area contributed by atoms with E-state index >= 15 is 0 Å². The van der Waals surface area contributed by atoms with E-state index in [0.29, 0.717) is 15.6 Å². The van der Waals surface area contributed by atoms with Crippen molar-refractivity contribution in [2.24, 2.45) is 0 Å². The molecule has 2 N–H and O–H groups in total. The summed E-state index contributed by atoms with van der Waals surface area (Å²) in [6.45, 7) is -0.361. The number of rotatable bonds is 2.